The molecule has 1 saturated heterocycles. The van der Waals surface area contributed by atoms with Crippen LogP contribution in [0.25, 0.3) is 0 Å². The lowest BCUT2D eigenvalue weighted by atomic mass is 10.1. The van der Waals surface area contributed by atoms with Crippen molar-refractivity contribution >= 4 is 16.7 Å². The molecule has 1 heterocycles. The molecule has 0 N–H and O–H groups in total. The van der Waals surface area contributed by atoms with Crippen molar-refractivity contribution in [3.8, 4) is 6.07 Å². The van der Waals surface area contributed by atoms with E-state index in [1.807, 2.05) is 6.07 Å². The van der Waals surface area contributed by atoms with E-state index in [1.54, 1.807) is 18.2 Å². The molecule has 0 bridgehead atoms. The quantitative estimate of drug-likeness (QED) is 0.592. The Hall–Kier alpha value is -1.27. The zero-order valence-corrected chi connectivity index (χ0v) is 9.93. The molecule has 0 unspecified atom stereocenters. The summed E-state index contributed by atoms with van der Waals surface area (Å²) >= 11 is 0. The first-order chi connectivity index (χ1) is 7.79. The van der Waals surface area contributed by atoms with Crippen LogP contribution in [0.4, 0.5) is 0 Å². The monoisotopic (exact) mass is 232 g/mol. The van der Waals surface area contributed by atoms with Gasteiger partial charge in [-0.25, -0.2) is 0 Å². The number of Topliss-reactive ketones (excluding diaryl/α,β-unsaturated/α-hetero) is 1. The summed E-state index contributed by atoms with van der Waals surface area (Å²) in [5, 5.41) is 8.77. The predicted molar refractivity (Wildman–Crippen MR) is 66.7 cm³/mol. The highest BCUT2D eigenvalue weighted by molar-refractivity contribution is 7.97. The Kier molecular flexibility index (Phi) is 3.63. The van der Waals surface area contributed by atoms with Crippen molar-refractivity contribution in [1.82, 2.24) is 0 Å². The predicted octanol–water partition coefficient (Wildman–Crippen LogP) is 2.15. The van der Waals surface area contributed by atoms with E-state index in [9.17, 15) is 4.79 Å². The number of nitriles is 1. The molecule has 3 heteroatoms. The fourth-order valence-electron chi connectivity index (χ4n) is 1.89. The largest absolute Gasteiger partial charge is 0.289 e. The third kappa shape index (κ3) is 2.65. The number of ketones is 1. The minimum absolute atomic E-state index is 0.197. The van der Waals surface area contributed by atoms with Gasteiger partial charge in [-0.15, -0.1) is 0 Å². The van der Waals surface area contributed by atoms with Crippen LogP contribution in [0.5, 0.6) is 0 Å². The molecule has 0 aromatic heterocycles. The summed E-state index contributed by atoms with van der Waals surface area (Å²) in [7, 11) is 0.301. The van der Waals surface area contributed by atoms with Crippen LogP contribution in [0, 0.1) is 11.3 Å². The smallest absolute Gasteiger partial charge is 0.211 e. The van der Waals surface area contributed by atoms with Gasteiger partial charge < -0.3 is 0 Å². The van der Waals surface area contributed by atoms with Crippen molar-refractivity contribution in [2.45, 2.75) is 12.8 Å². The molecule has 0 saturated carbocycles. The summed E-state index contributed by atoms with van der Waals surface area (Å²) in [5.74, 6) is 3.30. The molecule has 2 nitrogen and oxygen atoms in total. The standard InChI is InChI=1S/C13H14NOS/c14-9-11-4-3-5-12(8-11)13(15)10-16-6-1-2-7-16/h3-5,8H,1-2,6-7,10H2/q+1. The van der Waals surface area contributed by atoms with Gasteiger partial charge in [-0.2, -0.15) is 5.26 Å². The molecule has 82 valence electrons. The summed E-state index contributed by atoms with van der Waals surface area (Å²) in [6.45, 7) is 0. The molecule has 16 heavy (non-hydrogen) atoms. The average molecular weight is 232 g/mol. The molecule has 0 spiro atoms. The van der Waals surface area contributed by atoms with E-state index in [2.05, 4.69) is 6.07 Å². The summed E-state index contributed by atoms with van der Waals surface area (Å²) in [6.07, 6.45) is 2.54. The maximum Gasteiger partial charge on any atom is 0.211 e. The minimum Gasteiger partial charge on any atom is -0.289 e. The van der Waals surface area contributed by atoms with Gasteiger partial charge in [0.05, 0.1) is 11.6 Å². The van der Waals surface area contributed by atoms with Crippen molar-refractivity contribution in [3.05, 3.63) is 35.4 Å². The number of carbonyl (C=O) groups excluding carboxylic acids is 1. The van der Waals surface area contributed by atoms with E-state index >= 15 is 0 Å². The van der Waals surface area contributed by atoms with Gasteiger partial charge in [-0.05, 0) is 35.9 Å². The number of benzene rings is 1. The Balaban J connectivity index is 2.05. The number of rotatable bonds is 3. The molecule has 1 aromatic rings. The fourth-order valence-corrected chi connectivity index (χ4v) is 4.14. The Morgan fingerprint density at radius 2 is 2.12 bits per heavy atom. The van der Waals surface area contributed by atoms with Gasteiger partial charge >= 0.3 is 0 Å². The SMILES string of the molecule is N#Cc1cccc(C(=O)C[S+]2CCCC2)c1. The van der Waals surface area contributed by atoms with Crippen LogP contribution in [0.1, 0.15) is 28.8 Å². The van der Waals surface area contributed by atoms with E-state index in [4.69, 9.17) is 5.26 Å². The molecule has 2 rings (SSSR count). The van der Waals surface area contributed by atoms with E-state index in [-0.39, 0.29) is 5.78 Å². The highest BCUT2D eigenvalue weighted by Crippen LogP contribution is 2.15. The highest BCUT2D eigenvalue weighted by Gasteiger charge is 2.27. The van der Waals surface area contributed by atoms with Crippen LogP contribution >= 0.6 is 0 Å². The Labute approximate surface area is 98.6 Å². The first kappa shape index (κ1) is 11.2. The summed E-state index contributed by atoms with van der Waals surface area (Å²) in [6, 6.07) is 9.08. The van der Waals surface area contributed by atoms with Gasteiger partial charge in [0.2, 0.25) is 5.78 Å². The first-order valence-corrected chi connectivity index (χ1v) is 7.20. The van der Waals surface area contributed by atoms with Gasteiger partial charge in [0.15, 0.2) is 5.75 Å². The summed E-state index contributed by atoms with van der Waals surface area (Å²) in [4.78, 5) is 12.0. The number of hydrogen-bond donors (Lipinski definition) is 0. The molecule has 1 aliphatic heterocycles. The van der Waals surface area contributed by atoms with Gasteiger partial charge in [0.25, 0.3) is 0 Å². The molecule has 0 aliphatic carbocycles. The topological polar surface area (TPSA) is 40.9 Å². The lowest BCUT2D eigenvalue weighted by molar-refractivity contribution is 0.102. The van der Waals surface area contributed by atoms with Crippen molar-refractivity contribution in [2.75, 3.05) is 17.3 Å². The fraction of sp³-hybridized carbons (Fsp3) is 0.385. The van der Waals surface area contributed by atoms with Gasteiger partial charge in [0.1, 0.15) is 11.5 Å². The van der Waals surface area contributed by atoms with Crippen LogP contribution in [0.3, 0.4) is 0 Å². The normalized spacial score (nSPS) is 15.9. The third-order valence-electron chi connectivity index (χ3n) is 2.76. The number of nitrogens with zero attached hydrogens (tertiary/aromatic N) is 1. The zero-order valence-electron chi connectivity index (χ0n) is 9.11. The Morgan fingerprint density at radius 1 is 1.38 bits per heavy atom. The van der Waals surface area contributed by atoms with Crippen molar-refractivity contribution < 1.29 is 4.79 Å². The van der Waals surface area contributed by atoms with Crippen LogP contribution in [-0.2, 0) is 10.9 Å². The van der Waals surface area contributed by atoms with E-state index in [1.165, 1.54) is 24.3 Å². The first-order valence-electron chi connectivity index (χ1n) is 5.47. The molecule has 1 fully saturated rings. The summed E-state index contributed by atoms with van der Waals surface area (Å²) < 4.78 is 0. The molecular formula is C13H14NOS+. The second-order valence-electron chi connectivity index (χ2n) is 3.99. The molecule has 0 radical (unpaired) electrons. The van der Waals surface area contributed by atoms with Gasteiger partial charge in [0, 0.05) is 5.56 Å². The van der Waals surface area contributed by atoms with Crippen molar-refractivity contribution in [3.63, 3.8) is 0 Å². The second kappa shape index (κ2) is 5.18. The van der Waals surface area contributed by atoms with E-state index in [0.717, 1.165) is 0 Å². The maximum absolute atomic E-state index is 12.0. The Bertz CT molecular complexity index is 430. The van der Waals surface area contributed by atoms with Crippen LogP contribution in [0.15, 0.2) is 24.3 Å². The molecular weight excluding hydrogens is 218 g/mol. The van der Waals surface area contributed by atoms with Gasteiger partial charge in [-0.3, -0.25) is 4.79 Å². The minimum atomic E-state index is 0.197. The molecule has 1 aliphatic rings. The van der Waals surface area contributed by atoms with Crippen LogP contribution in [0.2, 0.25) is 0 Å². The average Bonchev–Trinajstić information content (AvgIpc) is 2.82. The lowest BCUT2D eigenvalue weighted by Crippen LogP contribution is -2.17. The second-order valence-corrected chi connectivity index (χ2v) is 6.32. The Morgan fingerprint density at radius 3 is 2.81 bits per heavy atom. The number of hydrogen-bond acceptors (Lipinski definition) is 2. The number of carbonyl (C=O) groups is 1. The van der Waals surface area contributed by atoms with Crippen molar-refractivity contribution in [2.24, 2.45) is 0 Å². The van der Waals surface area contributed by atoms with Crippen LogP contribution < -0.4 is 0 Å². The van der Waals surface area contributed by atoms with Crippen LogP contribution in [-0.4, -0.2) is 23.0 Å². The highest BCUT2D eigenvalue weighted by atomic mass is 32.2. The van der Waals surface area contributed by atoms with E-state index in [0.29, 0.717) is 27.8 Å². The van der Waals surface area contributed by atoms with Gasteiger partial charge in [-0.1, -0.05) is 12.1 Å². The summed E-state index contributed by atoms with van der Waals surface area (Å²) in [5.41, 5.74) is 1.26. The zero-order chi connectivity index (χ0) is 11.4. The molecule has 0 amide bonds. The molecule has 0 atom stereocenters. The third-order valence-corrected chi connectivity index (χ3v) is 5.17. The lowest BCUT2D eigenvalue weighted by Gasteiger charge is -2.01. The van der Waals surface area contributed by atoms with E-state index < -0.39 is 0 Å². The molecule has 1 aromatic carbocycles. The maximum atomic E-state index is 12.0. The van der Waals surface area contributed by atoms with Crippen molar-refractivity contribution in [1.29, 1.82) is 5.26 Å².